The number of morpholine rings is 1. The van der Waals surface area contributed by atoms with Crippen molar-refractivity contribution in [3.8, 4) is 5.75 Å². The van der Waals surface area contributed by atoms with Crippen molar-refractivity contribution in [2.45, 2.75) is 6.42 Å². The van der Waals surface area contributed by atoms with Crippen LogP contribution in [0.2, 0.25) is 0 Å². The zero-order chi connectivity index (χ0) is 13.5. The van der Waals surface area contributed by atoms with Gasteiger partial charge in [0.1, 0.15) is 5.75 Å². The van der Waals surface area contributed by atoms with E-state index in [1.807, 2.05) is 12.1 Å². The normalized spacial score (nSPS) is 16.3. The van der Waals surface area contributed by atoms with Gasteiger partial charge < -0.3 is 14.4 Å². The van der Waals surface area contributed by atoms with Gasteiger partial charge in [0.05, 0.1) is 20.3 Å². The van der Waals surface area contributed by atoms with Crippen molar-refractivity contribution in [1.82, 2.24) is 4.90 Å². The summed E-state index contributed by atoms with van der Waals surface area (Å²) in [5.74, 6) is 0.914. The van der Waals surface area contributed by atoms with Gasteiger partial charge in [-0.2, -0.15) is 0 Å². The maximum absolute atomic E-state index is 5.36. The van der Waals surface area contributed by atoms with Crippen molar-refractivity contribution in [2.24, 2.45) is 0 Å². The van der Waals surface area contributed by atoms with E-state index in [9.17, 15) is 0 Å². The highest BCUT2D eigenvalue weighted by atomic mass is 16.5. The molecule has 0 N–H and O–H groups in total. The van der Waals surface area contributed by atoms with Crippen molar-refractivity contribution < 1.29 is 9.47 Å². The molecule has 0 radical (unpaired) electrons. The second-order valence-electron chi connectivity index (χ2n) is 4.93. The Morgan fingerprint density at radius 2 is 2.11 bits per heavy atom. The molecular weight excluding hydrogens is 240 g/mol. The predicted molar refractivity (Wildman–Crippen MR) is 78.1 cm³/mol. The molecule has 0 spiro atoms. The minimum Gasteiger partial charge on any atom is -0.497 e. The fourth-order valence-electron chi connectivity index (χ4n) is 2.33. The Morgan fingerprint density at radius 3 is 2.84 bits per heavy atom. The molecule has 106 valence electrons. The van der Waals surface area contributed by atoms with Gasteiger partial charge in [0, 0.05) is 45.0 Å². The van der Waals surface area contributed by atoms with E-state index >= 15 is 0 Å². The highest BCUT2D eigenvalue weighted by Crippen LogP contribution is 2.19. The van der Waals surface area contributed by atoms with Gasteiger partial charge in [0.15, 0.2) is 0 Å². The summed E-state index contributed by atoms with van der Waals surface area (Å²) in [5.41, 5.74) is 1.21. The largest absolute Gasteiger partial charge is 0.497 e. The fourth-order valence-corrected chi connectivity index (χ4v) is 2.33. The smallest absolute Gasteiger partial charge is 0.120 e. The Bertz CT molecular complexity index is 378. The summed E-state index contributed by atoms with van der Waals surface area (Å²) >= 11 is 0. The van der Waals surface area contributed by atoms with E-state index in [1.54, 1.807) is 7.11 Å². The van der Waals surface area contributed by atoms with E-state index in [0.717, 1.165) is 45.1 Å². The Morgan fingerprint density at radius 1 is 1.32 bits per heavy atom. The van der Waals surface area contributed by atoms with Crippen LogP contribution in [0, 0.1) is 0 Å². The van der Waals surface area contributed by atoms with Crippen molar-refractivity contribution in [3.05, 3.63) is 24.3 Å². The summed E-state index contributed by atoms with van der Waals surface area (Å²) in [6, 6.07) is 8.21. The SMILES string of the molecule is COc1cccc(N(C)CCCN2CCOCC2)c1. The highest BCUT2D eigenvalue weighted by molar-refractivity contribution is 5.49. The van der Waals surface area contributed by atoms with Gasteiger partial charge in [-0.3, -0.25) is 4.90 Å². The summed E-state index contributed by atoms with van der Waals surface area (Å²) in [4.78, 5) is 4.76. The first kappa shape index (κ1) is 14.2. The molecule has 1 aliphatic heterocycles. The molecule has 1 heterocycles. The standard InChI is InChI=1S/C15H24N2O2/c1-16(14-5-3-6-15(13-14)18-2)7-4-8-17-9-11-19-12-10-17/h3,5-6,13H,4,7-12H2,1-2H3. The third-order valence-corrected chi connectivity index (χ3v) is 3.57. The van der Waals surface area contributed by atoms with Crippen LogP contribution in [0.5, 0.6) is 5.75 Å². The van der Waals surface area contributed by atoms with Crippen LogP contribution in [0.15, 0.2) is 24.3 Å². The predicted octanol–water partition coefficient (Wildman–Crippen LogP) is 1.85. The molecule has 1 saturated heterocycles. The number of anilines is 1. The van der Waals surface area contributed by atoms with Crippen LogP contribution >= 0.6 is 0 Å². The topological polar surface area (TPSA) is 24.9 Å². The van der Waals surface area contributed by atoms with E-state index in [-0.39, 0.29) is 0 Å². The summed E-state index contributed by atoms with van der Waals surface area (Å²) in [5, 5.41) is 0. The maximum atomic E-state index is 5.36. The lowest BCUT2D eigenvalue weighted by atomic mass is 10.2. The highest BCUT2D eigenvalue weighted by Gasteiger charge is 2.10. The monoisotopic (exact) mass is 264 g/mol. The van der Waals surface area contributed by atoms with Crippen molar-refractivity contribution >= 4 is 5.69 Å². The van der Waals surface area contributed by atoms with Gasteiger partial charge in [0.25, 0.3) is 0 Å². The lowest BCUT2D eigenvalue weighted by Crippen LogP contribution is -2.37. The van der Waals surface area contributed by atoms with Crippen molar-refractivity contribution in [1.29, 1.82) is 0 Å². The second-order valence-corrected chi connectivity index (χ2v) is 4.93. The number of benzene rings is 1. The summed E-state index contributed by atoms with van der Waals surface area (Å²) in [6.45, 7) is 6.12. The molecule has 0 bridgehead atoms. The lowest BCUT2D eigenvalue weighted by Gasteiger charge is -2.27. The van der Waals surface area contributed by atoms with Crippen LogP contribution in [0.1, 0.15) is 6.42 Å². The number of nitrogens with zero attached hydrogens (tertiary/aromatic N) is 2. The van der Waals surface area contributed by atoms with Crippen LogP contribution in [-0.4, -0.2) is 58.5 Å². The quantitative estimate of drug-likeness (QED) is 0.783. The molecule has 4 heteroatoms. The molecule has 1 aliphatic rings. The van der Waals surface area contributed by atoms with Crippen LogP contribution in [0.4, 0.5) is 5.69 Å². The van der Waals surface area contributed by atoms with E-state index in [2.05, 4.69) is 29.0 Å². The van der Waals surface area contributed by atoms with Crippen molar-refractivity contribution in [3.63, 3.8) is 0 Å². The molecule has 1 fully saturated rings. The Balaban J connectivity index is 1.75. The fraction of sp³-hybridized carbons (Fsp3) is 0.600. The molecule has 4 nitrogen and oxygen atoms in total. The van der Waals surface area contributed by atoms with Crippen LogP contribution in [-0.2, 0) is 4.74 Å². The van der Waals surface area contributed by atoms with Crippen molar-refractivity contribution in [2.75, 3.05) is 58.5 Å². The van der Waals surface area contributed by atoms with E-state index in [0.29, 0.717) is 0 Å². The second kappa shape index (κ2) is 7.36. The lowest BCUT2D eigenvalue weighted by molar-refractivity contribution is 0.0377. The molecule has 0 saturated carbocycles. The molecule has 1 aromatic rings. The Kier molecular flexibility index (Phi) is 5.48. The molecule has 0 atom stereocenters. The molecule has 1 aromatic carbocycles. The number of rotatable bonds is 6. The average molecular weight is 264 g/mol. The van der Waals surface area contributed by atoms with E-state index in [4.69, 9.17) is 9.47 Å². The van der Waals surface area contributed by atoms with Crippen LogP contribution in [0.25, 0.3) is 0 Å². The van der Waals surface area contributed by atoms with Crippen LogP contribution in [0.3, 0.4) is 0 Å². The molecule has 0 aromatic heterocycles. The minimum absolute atomic E-state index is 0.881. The number of hydrogen-bond acceptors (Lipinski definition) is 4. The minimum atomic E-state index is 0.881. The first-order valence-electron chi connectivity index (χ1n) is 6.95. The molecule has 0 amide bonds. The summed E-state index contributed by atoms with van der Waals surface area (Å²) in [6.07, 6.45) is 1.17. The van der Waals surface area contributed by atoms with E-state index in [1.165, 1.54) is 12.1 Å². The van der Waals surface area contributed by atoms with Gasteiger partial charge >= 0.3 is 0 Å². The zero-order valence-corrected chi connectivity index (χ0v) is 12.0. The average Bonchev–Trinajstić information content (AvgIpc) is 2.48. The molecule has 0 aliphatic carbocycles. The third-order valence-electron chi connectivity index (χ3n) is 3.57. The van der Waals surface area contributed by atoms with Gasteiger partial charge in [-0.1, -0.05) is 6.07 Å². The van der Waals surface area contributed by atoms with Gasteiger partial charge in [-0.15, -0.1) is 0 Å². The third kappa shape index (κ3) is 4.40. The molecule has 0 unspecified atom stereocenters. The van der Waals surface area contributed by atoms with Crippen LogP contribution < -0.4 is 9.64 Å². The molecule has 19 heavy (non-hydrogen) atoms. The van der Waals surface area contributed by atoms with Gasteiger partial charge in [-0.25, -0.2) is 0 Å². The first-order chi connectivity index (χ1) is 9.29. The molecule has 2 rings (SSSR count). The first-order valence-corrected chi connectivity index (χ1v) is 6.95. The molecular formula is C15H24N2O2. The van der Waals surface area contributed by atoms with Gasteiger partial charge in [-0.05, 0) is 18.6 Å². The maximum Gasteiger partial charge on any atom is 0.120 e. The number of methoxy groups -OCH3 is 1. The summed E-state index contributed by atoms with van der Waals surface area (Å²) in [7, 11) is 3.84. The zero-order valence-electron chi connectivity index (χ0n) is 12.0. The number of hydrogen-bond donors (Lipinski definition) is 0. The summed E-state index contributed by atoms with van der Waals surface area (Å²) < 4.78 is 10.6. The van der Waals surface area contributed by atoms with E-state index < -0.39 is 0 Å². The Labute approximate surface area is 115 Å². The number of ether oxygens (including phenoxy) is 2. The Hall–Kier alpha value is -1.26. The van der Waals surface area contributed by atoms with Gasteiger partial charge in [0.2, 0.25) is 0 Å².